The number of rotatable bonds is 3. The number of carbonyl (C=O) groups excluding carboxylic acids is 1. The van der Waals surface area contributed by atoms with Gasteiger partial charge in [-0.05, 0) is 13.8 Å². The fourth-order valence-corrected chi connectivity index (χ4v) is 0.752. The van der Waals surface area contributed by atoms with Gasteiger partial charge >= 0.3 is 0 Å². The molecule has 0 aliphatic carbocycles. The zero-order valence-electron chi connectivity index (χ0n) is 6.16. The molecule has 0 rings (SSSR count). The number of nitrogens with zero attached hydrogens (tertiary/aromatic N) is 1. The summed E-state index contributed by atoms with van der Waals surface area (Å²) in [7, 11) is 0. The molecule has 0 aromatic rings. The lowest BCUT2D eigenvalue weighted by molar-refractivity contribution is -0.123. The maximum atomic E-state index is 10.7. The Balaban J connectivity index is 4.01. The molecule has 0 saturated carbocycles. The number of carbonyl (C=O) groups is 1. The molecule has 56 valence electrons. The topological polar surface area (TPSA) is 61.1 Å². The summed E-state index contributed by atoms with van der Waals surface area (Å²) in [6.07, 6.45) is -0.607. The third-order valence-electron chi connectivity index (χ3n) is 1.42. The quantitative estimate of drug-likeness (QED) is 0.622. The Hall–Kier alpha value is -0.880. The maximum Gasteiger partial charge on any atom is 0.136 e. The largest absolute Gasteiger partial charge is 0.393 e. The van der Waals surface area contributed by atoms with E-state index in [2.05, 4.69) is 0 Å². The fourth-order valence-electron chi connectivity index (χ4n) is 0.752. The lowest BCUT2D eigenvalue weighted by atomic mass is 9.97. The van der Waals surface area contributed by atoms with Gasteiger partial charge in [0.15, 0.2) is 0 Å². The van der Waals surface area contributed by atoms with Crippen molar-refractivity contribution >= 4 is 5.78 Å². The van der Waals surface area contributed by atoms with Crippen LogP contribution in [0.15, 0.2) is 0 Å². The van der Waals surface area contributed by atoms with Crippen molar-refractivity contribution in [2.24, 2.45) is 5.92 Å². The monoisotopic (exact) mass is 141 g/mol. The molecule has 10 heavy (non-hydrogen) atoms. The minimum absolute atomic E-state index is 0.104. The van der Waals surface area contributed by atoms with E-state index in [1.807, 2.05) is 6.07 Å². The molecule has 0 aliphatic heterocycles. The van der Waals surface area contributed by atoms with Crippen LogP contribution in [0.3, 0.4) is 0 Å². The molecular weight excluding hydrogens is 130 g/mol. The highest BCUT2D eigenvalue weighted by molar-refractivity contribution is 5.79. The third-order valence-corrected chi connectivity index (χ3v) is 1.42. The van der Waals surface area contributed by atoms with E-state index in [9.17, 15) is 4.79 Å². The normalized spacial score (nSPS) is 15.4. The van der Waals surface area contributed by atoms with Crippen molar-refractivity contribution in [3.63, 3.8) is 0 Å². The van der Waals surface area contributed by atoms with Crippen LogP contribution in [0.5, 0.6) is 0 Å². The van der Waals surface area contributed by atoms with E-state index >= 15 is 0 Å². The molecule has 3 heteroatoms. The van der Waals surface area contributed by atoms with Crippen molar-refractivity contribution in [1.82, 2.24) is 0 Å². The SMILES string of the molecule is CC(=O)C(CC#N)C(C)O. The fraction of sp³-hybridized carbons (Fsp3) is 0.714. The van der Waals surface area contributed by atoms with Crippen molar-refractivity contribution in [1.29, 1.82) is 5.26 Å². The van der Waals surface area contributed by atoms with Gasteiger partial charge in [-0.2, -0.15) is 5.26 Å². The van der Waals surface area contributed by atoms with Gasteiger partial charge in [0.2, 0.25) is 0 Å². The molecule has 0 aromatic carbocycles. The van der Waals surface area contributed by atoms with E-state index in [0.29, 0.717) is 0 Å². The number of aliphatic hydroxyl groups is 1. The van der Waals surface area contributed by atoms with Crippen molar-refractivity contribution in [3.05, 3.63) is 0 Å². The summed E-state index contributed by atoms with van der Waals surface area (Å²) in [6.45, 7) is 2.90. The number of hydrogen-bond donors (Lipinski definition) is 1. The zero-order valence-corrected chi connectivity index (χ0v) is 6.16. The van der Waals surface area contributed by atoms with Gasteiger partial charge in [0.25, 0.3) is 0 Å². The first-order valence-electron chi connectivity index (χ1n) is 3.15. The molecule has 0 saturated heterocycles. The van der Waals surface area contributed by atoms with Crippen LogP contribution in [0.25, 0.3) is 0 Å². The Labute approximate surface area is 60.3 Å². The Bertz CT molecular complexity index is 157. The Kier molecular flexibility index (Phi) is 3.67. The van der Waals surface area contributed by atoms with Crippen LogP contribution in [-0.2, 0) is 4.79 Å². The van der Waals surface area contributed by atoms with Crippen LogP contribution in [0.2, 0.25) is 0 Å². The van der Waals surface area contributed by atoms with Gasteiger partial charge in [-0.25, -0.2) is 0 Å². The molecule has 3 nitrogen and oxygen atoms in total. The van der Waals surface area contributed by atoms with Gasteiger partial charge in [0, 0.05) is 6.42 Å². The van der Waals surface area contributed by atoms with Crippen molar-refractivity contribution in [3.8, 4) is 6.07 Å². The summed E-state index contributed by atoms with van der Waals surface area (Å²) in [6, 6.07) is 1.85. The molecule has 0 amide bonds. The third kappa shape index (κ3) is 2.60. The summed E-state index contributed by atoms with van der Waals surface area (Å²) in [5.74, 6) is -0.637. The zero-order chi connectivity index (χ0) is 8.15. The highest BCUT2D eigenvalue weighted by Crippen LogP contribution is 2.08. The van der Waals surface area contributed by atoms with Gasteiger partial charge in [0.1, 0.15) is 5.78 Å². The summed E-state index contributed by atoms with van der Waals surface area (Å²) >= 11 is 0. The molecule has 2 unspecified atom stereocenters. The highest BCUT2D eigenvalue weighted by Gasteiger charge is 2.18. The van der Waals surface area contributed by atoms with Gasteiger partial charge in [0.05, 0.1) is 18.1 Å². The number of Topliss-reactive ketones (excluding diaryl/α,β-unsaturated/α-hetero) is 1. The highest BCUT2D eigenvalue weighted by atomic mass is 16.3. The molecule has 1 N–H and O–H groups in total. The second-order valence-corrected chi connectivity index (χ2v) is 2.32. The second kappa shape index (κ2) is 4.02. The molecule has 0 aliphatic rings. The van der Waals surface area contributed by atoms with E-state index in [1.54, 1.807) is 0 Å². The molecule has 0 heterocycles. The first-order valence-corrected chi connectivity index (χ1v) is 3.15. The predicted molar refractivity (Wildman–Crippen MR) is 36.1 cm³/mol. The van der Waals surface area contributed by atoms with Gasteiger partial charge in [-0.15, -0.1) is 0 Å². The van der Waals surface area contributed by atoms with Gasteiger partial charge in [-0.3, -0.25) is 4.79 Å². The summed E-state index contributed by atoms with van der Waals surface area (Å²) < 4.78 is 0. The maximum absolute atomic E-state index is 10.7. The van der Waals surface area contributed by atoms with Gasteiger partial charge < -0.3 is 5.11 Å². The average molecular weight is 141 g/mol. The Morgan fingerprint density at radius 1 is 1.80 bits per heavy atom. The van der Waals surface area contributed by atoms with Crippen molar-refractivity contribution in [2.45, 2.75) is 26.4 Å². The minimum atomic E-state index is -0.711. The molecule has 0 aromatic heterocycles. The molecule has 0 fully saturated rings. The first kappa shape index (κ1) is 9.12. The second-order valence-electron chi connectivity index (χ2n) is 2.32. The van der Waals surface area contributed by atoms with Crippen LogP contribution >= 0.6 is 0 Å². The minimum Gasteiger partial charge on any atom is -0.393 e. The van der Waals surface area contributed by atoms with Gasteiger partial charge in [-0.1, -0.05) is 0 Å². The van der Waals surface area contributed by atoms with E-state index in [4.69, 9.17) is 10.4 Å². The first-order chi connectivity index (χ1) is 4.59. The Morgan fingerprint density at radius 2 is 2.30 bits per heavy atom. The Morgan fingerprint density at radius 3 is 2.40 bits per heavy atom. The van der Waals surface area contributed by atoms with E-state index < -0.39 is 12.0 Å². The number of hydrogen-bond acceptors (Lipinski definition) is 3. The lowest BCUT2D eigenvalue weighted by Crippen LogP contribution is -2.23. The molecule has 0 spiro atoms. The predicted octanol–water partition coefficient (Wildman–Crippen LogP) is 0.486. The summed E-state index contributed by atoms with van der Waals surface area (Å²) in [5, 5.41) is 17.2. The smallest absolute Gasteiger partial charge is 0.136 e. The van der Waals surface area contributed by atoms with Crippen LogP contribution in [-0.4, -0.2) is 17.0 Å². The van der Waals surface area contributed by atoms with E-state index in [0.717, 1.165) is 0 Å². The standard InChI is InChI=1S/C7H11NO2/c1-5(9)7(3-4-8)6(2)10/h5,7,9H,3H2,1-2H3. The molecule has 2 atom stereocenters. The van der Waals surface area contributed by atoms with Crippen molar-refractivity contribution in [2.75, 3.05) is 0 Å². The lowest BCUT2D eigenvalue weighted by Gasteiger charge is -2.11. The number of nitriles is 1. The summed E-state index contributed by atoms with van der Waals surface area (Å²) in [4.78, 5) is 10.7. The average Bonchev–Trinajstić information content (AvgIpc) is 1.81. The van der Waals surface area contributed by atoms with Crippen LogP contribution in [0.4, 0.5) is 0 Å². The number of ketones is 1. The van der Waals surface area contributed by atoms with Crippen LogP contribution in [0, 0.1) is 17.2 Å². The molecule has 0 radical (unpaired) electrons. The van der Waals surface area contributed by atoms with E-state index in [1.165, 1.54) is 13.8 Å². The molecular formula is C7H11NO2. The van der Waals surface area contributed by atoms with E-state index in [-0.39, 0.29) is 12.2 Å². The molecule has 0 bridgehead atoms. The van der Waals surface area contributed by atoms with Crippen LogP contribution < -0.4 is 0 Å². The van der Waals surface area contributed by atoms with Crippen molar-refractivity contribution < 1.29 is 9.90 Å². The number of aliphatic hydroxyl groups excluding tert-OH is 1. The van der Waals surface area contributed by atoms with Crippen LogP contribution in [0.1, 0.15) is 20.3 Å². The summed E-state index contributed by atoms with van der Waals surface area (Å²) in [5.41, 5.74) is 0.